The summed E-state index contributed by atoms with van der Waals surface area (Å²) in [6, 6.07) is 19.1. The first-order valence-corrected chi connectivity index (χ1v) is 9.75. The number of nitrogens with one attached hydrogen (secondary N) is 2. The molecule has 1 amide bonds. The predicted octanol–water partition coefficient (Wildman–Crippen LogP) is 4.69. The van der Waals surface area contributed by atoms with E-state index >= 15 is 0 Å². The number of nitrogens with zero attached hydrogens (tertiary/aromatic N) is 2. The SMILES string of the molecule is COc1ccc(Nc2ccc(C(=O)Nc3ccc(N4CCCC4)cc3)nc2)cc1. The molecule has 0 saturated carbocycles. The van der Waals surface area contributed by atoms with Gasteiger partial charge in [0.15, 0.2) is 0 Å². The molecule has 1 saturated heterocycles. The summed E-state index contributed by atoms with van der Waals surface area (Å²) in [5.41, 5.74) is 4.06. The lowest BCUT2D eigenvalue weighted by molar-refractivity contribution is 0.102. The number of hydrogen-bond donors (Lipinski definition) is 2. The van der Waals surface area contributed by atoms with Crippen LogP contribution in [0.2, 0.25) is 0 Å². The van der Waals surface area contributed by atoms with Crippen LogP contribution < -0.4 is 20.3 Å². The van der Waals surface area contributed by atoms with Crippen molar-refractivity contribution >= 4 is 28.7 Å². The van der Waals surface area contributed by atoms with Crippen LogP contribution in [0.3, 0.4) is 0 Å². The Hall–Kier alpha value is -3.54. The van der Waals surface area contributed by atoms with Gasteiger partial charge >= 0.3 is 0 Å². The van der Waals surface area contributed by atoms with Crippen molar-refractivity contribution in [2.75, 3.05) is 35.7 Å². The molecule has 0 aliphatic carbocycles. The average Bonchev–Trinajstić information content (AvgIpc) is 3.30. The molecule has 6 nitrogen and oxygen atoms in total. The number of rotatable bonds is 6. The summed E-state index contributed by atoms with van der Waals surface area (Å²) in [4.78, 5) is 19.1. The number of aromatic nitrogens is 1. The molecular weight excluding hydrogens is 364 g/mol. The first-order chi connectivity index (χ1) is 14.2. The Kier molecular flexibility index (Phi) is 5.61. The summed E-state index contributed by atoms with van der Waals surface area (Å²) in [5.74, 6) is 0.573. The predicted molar refractivity (Wildman–Crippen MR) is 116 cm³/mol. The Morgan fingerprint density at radius 2 is 1.55 bits per heavy atom. The molecule has 0 spiro atoms. The maximum Gasteiger partial charge on any atom is 0.274 e. The van der Waals surface area contributed by atoms with E-state index in [1.54, 1.807) is 19.4 Å². The van der Waals surface area contributed by atoms with Gasteiger partial charge in [-0.1, -0.05) is 0 Å². The maximum atomic E-state index is 12.5. The summed E-state index contributed by atoms with van der Waals surface area (Å²) in [7, 11) is 1.64. The van der Waals surface area contributed by atoms with Crippen molar-refractivity contribution in [1.82, 2.24) is 4.98 Å². The molecule has 6 heteroatoms. The van der Waals surface area contributed by atoms with Gasteiger partial charge in [-0.3, -0.25) is 4.79 Å². The lowest BCUT2D eigenvalue weighted by atomic mass is 10.2. The Morgan fingerprint density at radius 3 is 2.17 bits per heavy atom. The normalized spacial score (nSPS) is 13.2. The van der Waals surface area contributed by atoms with Crippen LogP contribution in [-0.4, -0.2) is 31.1 Å². The number of anilines is 4. The van der Waals surface area contributed by atoms with Crippen molar-refractivity contribution in [3.8, 4) is 5.75 Å². The minimum atomic E-state index is -0.227. The lowest BCUT2D eigenvalue weighted by Crippen LogP contribution is -2.17. The second kappa shape index (κ2) is 8.65. The molecule has 2 aromatic carbocycles. The third-order valence-corrected chi connectivity index (χ3v) is 4.97. The Balaban J connectivity index is 1.36. The van der Waals surface area contributed by atoms with E-state index in [9.17, 15) is 4.79 Å². The standard InChI is InChI=1S/C23H24N4O2/c1-29-21-11-6-17(7-12-21)25-19-8-13-22(24-16-19)23(28)26-18-4-9-20(10-5-18)27-14-2-3-15-27/h4-13,16,25H,2-3,14-15H2,1H3,(H,26,28). The summed E-state index contributed by atoms with van der Waals surface area (Å²) in [5, 5.41) is 6.15. The van der Waals surface area contributed by atoms with E-state index in [1.807, 2.05) is 42.5 Å². The molecule has 0 radical (unpaired) electrons. The molecule has 1 fully saturated rings. The van der Waals surface area contributed by atoms with Crippen molar-refractivity contribution in [3.63, 3.8) is 0 Å². The highest BCUT2D eigenvalue weighted by atomic mass is 16.5. The number of benzene rings is 2. The van der Waals surface area contributed by atoms with Gasteiger partial charge in [0.25, 0.3) is 5.91 Å². The zero-order chi connectivity index (χ0) is 20.1. The smallest absolute Gasteiger partial charge is 0.274 e. The first kappa shape index (κ1) is 18.8. The summed E-state index contributed by atoms with van der Waals surface area (Å²) >= 11 is 0. The molecule has 148 valence electrons. The van der Waals surface area contributed by atoms with Crippen LogP contribution in [0.15, 0.2) is 66.9 Å². The summed E-state index contributed by atoms with van der Waals surface area (Å²) in [6.45, 7) is 2.21. The van der Waals surface area contributed by atoms with Gasteiger partial charge in [-0.25, -0.2) is 4.98 Å². The second-order valence-electron chi connectivity index (χ2n) is 6.98. The zero-order valence-electron chi connectivity index (χ0n) is 16.4. The third-order valence-electron chi connectivity index (χ3n) is 4.97. The van der Waals surface area contributed by atoms with Crippen LogP contribution in [0.4, 0.5) is 22.7 Å². The molecule has 2 heterocycles. The number of amides is 1. The highest BCUT2D eigenvalue weighted by molar-refractivity contribution is 6.03. The molecule has 0 atom stereocenters. The molecule has 29 heavy (non-hydrogen) atoms. The van der Waals surface area contributed by atoms with E-state index in [0.717, 1.165) is 35.9 Å². The van der Waals surface area contributed by atoms with Gasteiger partial charge < -0.3 is 20.3 Å². The van der Waals surface area contributed by atoms with Gasteiger partial charge in [0.2, 0.25) is 0 Å². The van der Waals surface area contributed by atoms with Crippen molar-refractivity contribution in [2.24, 2.45) is 0 Å². The molecule has 4 rings (SSSR count). The molecule has 0 unspecified atom stereocenters. The maximum absolute atomic E-state index is 12.5. The van der Waals surface area contributed by atoms with E-state index in [4.69, 9.17) is 4.74 Å². The van der Waals surface area contributed by atoms with Crippen LogP contribution in [0.25, 0.3) is 0 Å². The fraction of sp³-hybridized carbons (Fsp3) is 0.217. The van der Waals surface area contributed by atoms with Gasteiger partial charge in [-0.15, -0.1) is 0 Å². The van der Waals surface area contributed by atoms with Crippen LogP contribution in [-0.2, 0) is 0 Å². The first-order valence-electron chi connectivity index (χ1n) is 9.75. The Morgan fingerprint density at radius 1 is 0.897 bits per heavy atom. The van der Waals surface area contributed by atoms with Crippen molar-refractivity contribution in [1.29, 1.82) is 0 Å². The van der Waals surface area contributed by atoms with Crippen LogP contribution in [0.1, 0.15) is 23.3 Å². The minimum absolute atomic E-state index is 0.227. The van der Waals surface area contributed by atoms with E-state index < -0.39 is 0 Å². The number of pyridine rings is 1. The molecule has 1 aromatic heterocycles. The molecule has 2 N–H and O–H groups in total. The van der Waals surface area contributed by atoms with Crippen molar-refractivity contribution in [3.05, 3.63) is 72.6 Å². The minimum Gasteiger partial charge on any atom is -0.497 e. The Labute approximate surface area is 170 Å². The number of ether oxygens (including phenoxy) is 1. The zero-order valence-corrected chi connectivity index (χ0v) is 16.4. The van der Waals surface area contributed by atoms with E-state index in [1.165, 1.54) is 18.5 Å². The topological polar surface area (TPSA) is 66.5 Å². The fourth-order valence-corrected chi connectivity index (χ4v) is 3.37. The third kappa shape index (κ3) is 4.66. The van der Waals surface area contributed by atoms with E-state index in [-0.39, 0.29) is 5.91 Å². The number of carbonyl (C=O) groups excluding carboxylic acids is 1. The molecule has 1 aliphatic rings. The fourth-order valence-electron chi connectivity index (χ4n) is 3.37. The second-order valence-corrected chi connectivity index (χ2v) is 6.98. The molecule has 0 bridgehead atoms. The van der Waals surface area contributed by atoms with E-state index in [0.29, 0.717) is 5.69 Å². The monoisotopic (exact) mass is 388 g/mol. The largest absolute Gasteiger partial charge is 0.497 e. The van der Waals surface area contributed by atoms with Gasteiger partial charge in [0.1, 0.15) is 11.4 Å². The van der Waals surface area contributed by atoms with Crippen LogP contribution in [0, 0.1) is 0 Å². The van der Waals surface area contributed by atoms with Crippen molar-refractivity contribution < 1.29 is 9.53 Å². The quantitative estimate of drug-likeness (QED) is 0.641. The average molecular weight is 388 g/mol. The van der Waals surface area contributed by atoms with Gasteiger partial charge in [-0.2, -0.15) is 0 Å². The highest BCUT2D eigenvalue weighted by Crippen LogP contribution is 2.23. The molecular formula is C23H24N4O2. The van der Waals surface area contributed by atoms with Gasteiger partial charge in [-0.05, 0) is 73.5 Å². The van der Waals surface area contributed by atoms with Crippen LogP contribution >= 0.6 is 0 Å². The molecule has 3 aromatic rings. The number of methoxy groups -OCH3 is 1. The number of hydrogen-bond acceptors (Lipinski definition) is 5. The highest BCUT2D eigenvalue weighted by Gasteiger charge is 2.13. The van der Waals surface area contributed by atoms with Crippen LogP contribution in [0.5, 0.6) is 5.75 Å². The van der Waals surface area contributed by atoms with E-state index in [2.05, 4.69) is 32.7 Å². The summed E-state index contributed by atoms with van der Waals surface area (Å²) in [6.07, 6.45) is 4.14. The Bertz CT molecular complexity index is 948. The van der Waals surface area contributed by atoms with Crippen molar-refractivity contribution in [2.45, 2.75) is 12.8 Å². The van der Waals surface area contributed by atoms with Gasteiger partial charge in [0, 0.05) is 30.2 Å². The lowest BCUT2D eigenvalue weighted by Gasteiger charge is -2.17. The summed E-state index contributed by atoms with van der Waals surface area (Å²) < 4.78 is 5.16. The van der Waals surface area contributed by atoms with Gasteiger partial charge in [0.05, 0.1) is 19.0 Å². The number of carbonyl (C=O) groups is 1. The molecule has 1 aliphatic heterocycles.